The van der Waals surface area contributed by atoms with Crippen molar-refractivity contribution in [2.45, 2.75) is 25.3 Å². The van der Waals surface area contributed by atoms with Crippen LogP contribution in [0.5, 0.6) is 5.75 Å². The number of amides is 1. The van der Waals surface area contributed by atoms with Gasteiger partial charge in [0.1, 0.15) is 5.75 Å². The highest BCUT2D eigenvalue weighted by Crippen LogP contribution is 2.28. The Kier molecular flexibility index (Phi) is 7.22. The molecule has 6 nitrogen and oxygen atoms in total. The van der Waals surface area contributed by atoms with E-state index in [1.54, 1.807) is 36.8 Å². The number of pyridine rings is 2. The van der Waals surface area contributed by atoms with Gasteiger partial charge in [-0.1, -0.05) is 24.3 Å². The highest BCUT2D eigenvalue weighted by atomic mass is 32.1. The van der Waals surface area contributed by atoms with E-state index in [1.165, 1.54) is 11.3 Å². The summed E-state index contributed by atoms with van der Waals surface area (Å²) in [5.74, 6) is -0.0830. The van der Waals surface area contributed by atoms with Crippen LogP contribution in [0, 0.1) is 0 Å². The molecule has 1 amide bonds. The first-order valence-corrected chi connectivity index (χ1v) is 11.5. The first-order chi connectivity index (χ1) is 16.1. The zero-order chi connectivity index (χ0) is 23.0. The van der Waals surface area contributed by atoms with Crippen molar-refractivity contribution in [1.82, 2.24) is 15.3 Å². The molecule has 0 aliphatic heterocycles. The van der Waals surface area contributed by atoms with Crippen LogP contribution in [0.15, 0.2) is 85.3 Å². The molecule has 4 rings (SSSR count). The lowest BCUT2D eigenvalue weighted by atomic mass is 9.97. The number of nitrogens with two attached hydrogens (primary N) is 1. The van der Waals surface area contributed by atoms with Crippen LogP contribution in [0.3, 0.4) is 0 Å². The number of carbonyl (C=O) groups is 1. The minimum atomic E-state index is -0.488. The summed E-state index contributed by atoms with van der Waals surface area (Å²) >= 11 is 1.47. The number of carbonyl (C=O) groups excluding carboxylic acids is 1. The van der Waals surface area contributed by atoms with Crippen LogP contribution in [0.2, 0.25) is 0 Å². The molecule has 4 aromatic rings. The SMILES string of the molecule is [NH2+]=C(CC(NC(=O)c1ccc(CCc2ccccn2)s1)c1ccccc1O)c1cccnc1. The molecule has 1 aromatic carbocycles. The fraction of sp³-hybridized carbons (Fsp3) is 0.154. The number of nitrogens with zero attached hydrogens (tertiary/aromatic N) is 2. The van der Waals surface area contributed by atoms with E-state index in [0.29, 0.717) is 22.6 Å². The second-order valence-electron chi connectivity index (χ2n) is 7.64. The monoisotopic (exact) mass is 457 g/mol. The molecule has 1 unspecified atom stereocenters. The van der Waals surface area contributed by atoms with Gasteiger partial charge in [0.25, 0.3) is 5.91 Å². The van der Waals surface area contributed by atoms with Crippen molar-refractivity contribution in [3.8, 4) is 5.75 Å². The Labute approximate surface area is 196 Å². The molecule has 0 aliphatic carbocycles. The molecule has 0 radical (unpaired) electrons. The molecule has 33 heavy (non-hydrogen) atoms. The Morgan fingerprint density at radius 2 is 1.85 bits per heavy atom. The fourth-order valence-electron chi connectivity index (χ4n) is 3.57. The van der Waals surface area contributed by atoms with Gasteiger partial charge in [0.05, 0.1) is 22.9 Å². The minimum Gasteiger partial charge on any atom is -0.508 e. The van der Waals surface area contributed by atoms with E-state index in [1.807, 2.05) is 48.5 Å². The molecule has 1 atom stereocenters. The first kappa shape index (κ1) is 22.4. The maximum absolute atomic E-state index is 13.1. The van der Waals surface area contributed by atoms with Crippen molar-refractivity contribution in [3.63, 3.8) is 0 Å². The van der Waals surface area contributed by atoms with Crippen molar-refractivity contribution in [3.05, 3.63) is 112 Å². The summed E-state index contributed by atoms with van der Waals surface area (Å²) in [6, 6.07) is 19.9. The van der Waals surface area contributed by atoms with Crippen LogP contribution >= 0.6 is 11.3 Å². The lowest BCUT2D eigenvalue weighted by Gasteiger charge is -2.19. The van der Waals surface area contributed by atoms with Gasteiger partial charge in [-0.25, -0.2) is 0 Å². The van der Waals surface area contributed by atoms with E-state index < -0.39 is 6.04 Å². The maximum atomic E-state index is 13.1. The number of thiophene rings is 1. The Morgan fingerprint density at radius 1 is 1.00 bits per heavy atom. The lowest BCUT2D eigenvalue weighted by Crippen LogP contribution is -2.43. The number of aromatic hydroxyl groups is 1. The molecule has 3 aromatic heterocycles. The van der Waals surface area contributed by atoms with Crippen LogP contribution in [-0.2, 0) is 12.8 Å². The molecule has 0 aliphatic rings. The molecule has 7 heteroatoms. The third kappa shape index (κ3) is 5.90. The minimum absolute atomic E-state index is 0.115. The first-order valence-electron chi connectivity index (χ1n) is 10.7. The predicted molar refractivity (Wildman–Crippen MR) is 129 cm³/mol. The number of aromatic nitrogens is 2. The van der Waals surface area contributed by atoms with Crippen LogP contribution in [0.4, 0.5) is 0 Å². The molecule has 166 valence electrons. The standard InChI is InChI=1S/C26H24N4O2S/c27-22(18-6-5-14-28-17-18)16-23(21-8-1-2-9-24(21)31)30-26(32)25-13-12-20(33-25)11-10-19-7-3-4-15-29-19/h1-9,12-15,17,23,27,31H,10-11,16H2,(H,30,32)/p+1. The van der Waals surface area contributed by atoms with Gasteiger partial charge in [0, 0.05) is 34.7 Å². The molecule has 3 heterocycles. The molecule has 0 spiro atoms. The van der Waals surface area contributed by atoms with Gasteiger partial charge < -0.3 is 10.4 Å². The number of phenols is 1. The van der Waals surface area contributed by atoms with Gasteiger partial charge in [-0.2, -0.15) is 0 Å². The Bertz CT molecular complexity index is 1230. The zero-order valence-electron chi connectivity index (χ0n) is 18.0. The topological polar surface area (TPSA) is 101 Å². The summed E-state index contributed by atoms with van der Waals surface area (Å²) in [5, 5.41) is 19.8. The summed E-state index contributed by atoms with van der Waals surface area (Å²) in [6.45, 7) is 0. The normalized spacial score (nSPS) is 11.6. The van der Waals surface area contributed by atoms with Crippen molar-refractivity contribution >= 4 is 23.0 Å². The molecule has 0 saturated heterocycles. The zero-order valence-corrected chi connectivity index (χ0v) is 18.8. The fourth-order valence-corrected chi connectivity index (χ4v) is 4.48. The summed E-state index contributed by atoms with van der Waals surface area (Å²) in [5.41, 5.74) is 3.02. The van der Waals surface area contributed by atoms with Gasteiger partial charge in [0.15, 0.2) is 5.71 Å². The summed E-state index contributed by atoms with van der Waals surface area (Å²) in [7, 11) is 0. The number of benzene rings is 1. The van der Waals surface area contributed by atoms with E-state index in [9.17, 15) is 9.90 Å². The van der Waals surface area contributed by atoms with Gasteiger partial charge >= 0.3 is 0 Å². The van der Waals surface area contributed by atoms with Crippen molar-refractivity contribution in [2.75, 3.05) is 0 Å². The van der Waals surface area contributed by atoms with Gasteiger partial charge in [0.2, 0.25) is 0 Å². The van der Waals surface area contributed by atoms with Crippen LogP contribution < -0.4 is 10.7 Å². The van der Waals surface area contributed by atoms with Crippen molar-refractivity contribution in [1.29, 1.82) is 0 Å². The quantitative estimate of drug-likeness (QED) is 0.336. The van der Waals surface area contributed by atoms with E-state index >= 15 is 0 Å². The Hall–Kier alpha value is -3.84. The third-order valence-electron chi connectivity index (χ3n) is 5.31. The average Bonchev–Trinajstić information content (AvgIpc) is 3.33. The number of nitrogens with one attached hydrogen (secondary N) is 1. The highest BCUT2D eigenvalue weighted by molar-refractivity contribution is 7.14. The van der Waals surface area contributed by atoms with Crippen LogP contribution in [0.1, 0.15) is 43.8 Å². The van der Waals surface area contributed by atoms with E-state index in [4.69, 9.17) is 5.41 Å². The average molecular weight is 458 g/mol. The number of para-hydroxylation sites is 1. The second kappa shape index (κ2) is 10.7. The molecule has 4 N–H and O–H groups in total. The highest BCUT2D eigenvalue weighted by Gasteiger charge is 2.24. The number of hydrogen-bond acceptors (Lipinski definition) is 5. The Balaban J connectivity index is 1.47. The van der Waals surface area contributed by atoms with Gasteiger partial charge in [-0.05, 0) is 55.3 Å². The molecule has 0 saturated carbocycles. The number of phenolic OH excluding ortho intramolecular Hbond substituents is 1. The smallest absolute Gasteiger partial charge is 0.261 e. The summed E-state index contributed by atoms with van der Waals surface area (Å²) in [6.07, 6.45) is 7.13. The molecule has 0 fully saturated rings. The van der Waals surface area contributed by atoms with Gasteiger partial charge in [-0.3, -0.25) is 20.2 Å². The van der Waals surface area contributed by atoms with Crippen molar-refractivity contribution < 1.29 is 15.3 Å². The number of aryl methyl sites for hydroxylation is 2. The second-order valence-corrected chi connectivity index (χ2v) is 8.81. The van der Waals surface area contributed by atoms with E-state index in [2.05, 4.69) is 15.3 Å². The number of hydrogen-bond donors (Lipinski definition) is 3. The van der Waals surface area contributed by atoms with E-state index in [0.717, 1.165) is 29.0 Å². The maximum Gasteiger partial charge on any atom is 0.261 e. The Morgan fingerprint density at radius 3 is 2.61 bits per heavy atom. The predicted octanol–water partition coefficient (Wildman–Crippen LogP) is 3.14. The van der Waals surface area contributed by atoms with Crippen molar-refractivity contribution in [2.24, 2.45) is 0 Å². The molecule has 0 bridgehead atoms. The van der Waals surface area contributed by atoms with Crippen LogP contribution in [0.25, 0.3) is 0 Å². The van der Waals surface area contributed by atoms with E-state index in [-0.39, 0.29) is 11.7 Å². The third-order valence-corrected chi connectivity index (χ3v) is 6.46. The summed E-state index contributed by atoms with van der Waals surface area (Å²) < 4.78 is 0. The molecular weight excluding hydrogens is 432 g/mol. The van der Waals surface area contributed by atoms with Crippen LogP contribution in [-0.4, -0.2) is 26.7 Å². The molecular formula is C26H25N4O2S+. The van der Waals surface area contributed by atoms with Gasteiger partial charge in [-0.15, -0.1) is 11.3 Å². The number of rotatable bonds is 9. The largest absolute Gasteiger partial charge is 0.508 e. The summed E-state index contributed by atoms with van der Waals surface area (Å²) in [4.78, 5) is 23.3. The lowest BCUT2D eigenvalue weighted by molar-refractivity contribution is -0.115.